The average Bonchev–Trinajstić information content (AvgIpc) is 4.24. The third-order valence-electron chi connectivity index (χ3n) is 17.3. The van der Waals surface area contributed by atoms with Gasteiger partial charge >= 0.3 is 0 Å². The fourth-order valence-corrected chi connectivity index (χ4v) is 14.2. The highest BCUT2D eigenvalue weighted by Crippen LogP contribution is 2.66. The molecule has 2 nitrogen and oxygen atoms in total. The third-order valence-corrected chi connectivity index (χ3v) is 17.3. The fraction of sp³-hybridized carbons (Fsp3) is 0.0541. The number of furan rings is 1. The van der Waals surface area contributed by atoms with E-state index in [4.69, 9.17) is 4.42 Å². The summed E-state index contributed by atoms with van der Waals surface area (Å²) in [6.07, 6.45) is 8.13. The lowest BCUT2D eigenvalue weighted by Crippen LogP contribution is -2.28. The Balaban J connectivity index is 0.962. The van der Waals surface area contributed by atoms with Gasteiger partial charge in [0.1, 0.15) is 11.2 Å². The molecule has 4 aliphatic rings. The summed E-state index contributed by atoms with van der Waals surface area (Å²) in [6.45, 7) is 0. The zero-order chi connectivity index (χ0) is 50.0. The Labute approximate surface area is 442 Å². The molecular formula is C74H49NO. The largest absolute Gasteiger partial charge is 0.456 e. The van der Waals surface area contributed by atoms with Crippen LogP contribution in [0.1, 0.15) is 62.4 Å². The molecule has 0 radical (unpaired) electrons. The normalized spacial score (nSPS) is 15.7. The molecule has 0 saturated heterocycles. The van der Waals surface area contributed by atoms with Gasteiger partial charge in [-0.2, -0.15) is 0 Å². The quantitative estimate of drug-likeness (QED) is 0.158. The fourth-order valence-electron chi connectivity index (χ4n) is 14.2. The minimum absolute atomic E-state index is 0.169. The molecule has 1 aromatic heterocycles. The van der Waals surface area contributed by atoms with Crippen LogP contribution in [0.4, 0.5) is 11.4 Å². The second-order valence-electron chi connectivity index (χ2n) is 20.9. The molecule has 12 aromatic rings. The monoisotopic (exact) mass is 967 g/mol. The van der Waals surface area contributed by atoms with Crippen molar-refractivity contribution in [2.45, 2.75) is 23.2 Å². The molecule has 1 heterocycles. The highest BCUT2D eigenvalue weighted by Gasteiger charge is 2.53. The van der Waals surface area contributed by atoms with E-state index in [-0.39, 0.29) is 5.92 Å². The molecule has 1 atom stereocenters. The smallest absolute Gasteiger partial charge is 0.135 e. The van der Waals surface area contributed by atoms with E-state index in [2.05, 4.69) is 278 Å². The van der Waals surface area contributed by atoms with Crippen molar-refractivity contribution in [1.82, 2.24) is 0 Å². The molecule has 1 spiro atoms. The Bertz CT molecular complexity index is 4300. The minimum Gasteiger partial charge on any atom is -0.456 e. The first-order valence-electron chi connectivity index (χ1n) is 26.7. The number of hydrogen-bond acceptors (Lipinski definition) is 2. The molecule has 0 amide bonds. The average molecular weight is 968 g/mol. The van der Waals surface area contributed by atoms with E-state index in [0.717, 1.165) is 45.4 Å². The maximum absolute atomic E-state index is 6.45. The molecule has 11 aromatic carbocycles. The van der Waals surface area contributed by atoms with Crippen LogP contribution in [-0.4, -0.2) is 0 Å². The second kappa shape index (κ2) is 16.5. The number of benzene rings is 11. The van der Waals surface area contributed by atoms with Gasteiger partial charge in [0, 0.05) is 33.5 Å². The Morgan fingerprint density at radius 2 is 0.895 bits per heavy atom. The highest BCUT2D eigenvalue weighted by atomic mass is 16.3. The van der Waals surface area contributed by atoms with Gasteiger partial charge in [0.25, 0.3) is 0 Å². The molecule has 0 bridgehead atoms. The van der Waals surface area contributed by atoms with Gasteiger partial charge in [0.2, 0.25) is 0 Å². The van der Waals surface area contributed by atoms with Crippen molar-refractivity contribution in [3.63, 3.8) is 0 Å². The number of fused-ring (bicyclic) bond motifs is 16. The standard InChI is InChI=1S/C74H49NO/c1-4-20-48(21-5-1)50-41-45-60-66(46-50)73(52-22-6-2-7-23-52,53-24-8-3-9-25-53)64-33-18-35-68(72(60)64)75(54-42-38-49(39-43-54)51-40-44-58-57-28-13-17-37-69(57)76-70(58)47-51)67-36-19-34-65-71(67)59-29-12-16-32-63(59)74(65)61-30-14-10-26-55(61)56-27-11-15-31-62(56)74/h1-38,40-47,49H,39H2. The maximum Gasteiger partial charge on any atom is 0.135 e. The van der Waals surface area contributed by atoms with Crippen molar-refractivity contribution in [3.8, 4) is 44.5 Å². The first-order chi connectivity index (χ1) is 37.7. The van der Waals surface area contributed by atoms with Crippen molar-refractivity contribution in [1.29, 1.82) is 0 Å². The molecule has 4 aliphatic carbocycles. The van der Waals surface area contributed by atoms with Crippen LogP contribution in [0, 0.1) is 0 Å². The zero-order valence-corrected chi connectivity index (χ0v) is 41.7. The molecular weight excluding hydrogens is 919 g/mol. The second-order valence-corrected chi connectivity index (χ2v) is 20.9. The van der Waals surface area contributed by atoms with Crippen LogP contribution in [0.15, 0.2) is 289 Å². The van der Waals surface area contributed by atoms with Crippen LogP contribution in [0.3, 0.4) is 0 Å². The molecule has 356 valence electrons. The summed E-state index contributed by atoms with van der Waals surface area (Å²) in [5, 5.41) is 2.31. The predicted molar refractivity (Wildman–Crippen MR) is 312 cm³/mol. The predicted octanol–water partition coefficient (Wildman–Crippen LogP) is 18.7. The lowest BCUT2D eigenvalue weighted by atomic mass is 9.67. The topological polar surface area (TPSA) is 16.4 Å². The summed E-state index contributed by atoms with van der Waals surface area (Å²) < 4.78 is 6.45. The first-order valence-corrected chi connectivity index (χ1v) is 26.7. The Kier molecular flexibility index (Phi) is 9.33. The zero-order valence-electron chi connectivity index (χ0n) is 41.7. The highest BCUT2D eigenvalue weighted by molar-refractivity contribution is 6.06. The van der Waals surface area contributed by atoms with Crippen LogP contribution in [0.25, 0.3) is 66.4 Å². The van der Waals surface area contributed by atoms with Gasteiger partial charge in [-0.25, -0.2) is 0 Å². The van der Waals surface area contributed by atoms with Gasteiger partial charge in [-0.1, -0.05) is 243 Å². The number of para-hydroxylation sites is 1. The van der Waals surface area contributed by atoms with E-state index in [1.807, 2.05) is 6.07 Å². The molecule has 16 rings (SSSR count). The molecule has 0 N–H and O–H groups in total. The van der Waals surface area contributed by atoms with Crippen molar-refractivity contribution < 1.29 is 4.42 Å². The molecule has 0 aliphatic heterocycles. The van der Waals surface area contributed by atoms with Gasteiger partial charge in [0.05, 0.1) is 22.2 Å². The lowest BCUT2D eigenvalue weighted by molar-refractivity contribution is 0.667. The van der Waals surface area contributed by atoms with Crippen LogP contribution in [0.2, 0.25) is 0 Å². The number of rotatable bonds is 7. The maximum atomic E-state index is 6.45. The first kappa shape index (κ1) is 43.0. The Morgan fingerprint density at radius 3 is 1.54 bits per heavy atom. The number of hydrogen-bond donors (Lipinski definition) is 0. The molecule has 0 saturated carbocycles. The van der Waals surface area contributed by atoms with E-state index in [0.29, 0.717) is 0 Å². The van der Waals surface area contributed by atoms with Crippen LogP contribution < -0.4 is 4.90 Å². The summed E-state index contributed by atoms with van der Waals surface area (Å²) in [4.78, 5) is 2.62. The van der Waals surface area contributed by atoms with Gasteiger partial charge in [-0.15, -0.1) is 0 Å². The summed E-state index contributed by atoms with van der Waals surface area (Å²) >= 11 is 0. The molecule has 0 fully saturated rings. The third kappa shape index (κ3) is 5.87. The summed E-state index contributed by atoms with van der Waals surface area (Å²) in [7, 11) is 0. The number of allylic oxidation sites excluding steroid dienone is 3. The molecule has 76 heavy (non-hydrogen) atoms. The van der Waals surface area contributed by atoms with Gasteiger partial charge in [-0.3, -0.25) is 0 Å². The van der Waals surface area contributed by atoms with Crippen LogP contribution in [-0.2, 0) is 10.8 Å². The minimum atomic E-state index is -0.622. The van der Waals surface area contributed by atoms with E-state index >= 15 is 0 Å². The van der Waals surface area contributed by atoms with E-state index in [9.17, 15) is 0 Å². The Morgan fingerprint density at radius 1 is 0.368 bits per heavy atom. The number of anilines is 2. The van der Waals surface area contributed by atoms with Crippen molar-refractivity contribution in [3.05, 3.63) is 335 Å². The van der Waals surface area contributed by atoms with E-state index in [1.165, 1.54) is 94.6 Å². The SMILES string of the molecule is C1=CC(c2ccc3c(c2)oc2ccccc23)CC=C1N(c1cccc2c1-c1ccc(-c3ccccc3)cc1C2(c1ccccc1)c1ccccc1)c1cccc2c1-c1ccccc1C21c2ccccc2-c2ccccc21. The Hall–Kier alpha value is -9.50. The van der Waals surface area contributed by atoms with Crippen LogP contribution in [0.5, 0.6) is 0 Å². The van der Waals surface area contributed by atoms with E-state index < -0.39 is 10.8 Å². The van der Waals surface area contributed by atoms with E-state index in [1.54, 1.807) is 0 Å². The summed E-state index contributed by atoms with van der Waals surface area (Å²) in [5.74, 6) is 0.169. The summed E-state index contributed by atoms with van der Waals surface area (Å²) in [5.41, 5.74) is 25.8. The summed E-state index contributed by atoms with van der Waals surface area (Å²) in [6, 6.07) is 97.3. The van der Waals surface area contributed by atoms with Crippen molar-refractivity contribution in [2.24, 2.45) is 0 Å². The lowest BCUT2D eigenvalue weighted by Gasteiger charge is -2.35. The van der Waals surface area contributed by atoms with Crippen molar-refractivity contribution >= 4 is 33.3 Å². The van der Waals surface area contributed by atoms with Gasteiger partial charge < -0.3 is 9.32 Å². The van der Waals surface area contributed by atoms with Gasteiger partial charge in [-0.05, 0) is 126 Å². The van der Waals surface area contributed by atoms with Crippen LogP contribution >= 0.6 is 0 Å². The molecule has 2 heteroatoms. The number of nitrogens with zero attached hydrogens (tertiary/aromatic N) is 1. The van der Waals surface area contributed by atoms with Gasteiger partial charge in [0.15, 0.2) is 0 Å². The van der Waals surface area contributed by atoms with Crippen molar-refractivity contribution in [2.75, 3.05) is 4.90 Å². The molecule has 1 unspecified atom stereocenters.